The Bertz CT molecular complexity index is 348. The van der Waals surface area contributed by atoms with Crippen molar-refractivity contribution in [2.24, 2.45) is 0 Å². The molecule has 0 fully saturated rings. The summed E-state index contributed by atoms with van der Waals surface area (Å²) in [7, 11) is 0. The number of carbonyl (C=O) groups is 2. The van der Waals surface area contributed by atoms with Crippen molar-refractivity contribution in [1.82, 2.24) is 10.6 Å². The number of amides is 2. The maximum absolute atomic E-state index is 11.3. The first-order valence-corrected chi connectivity index (χ1v) is 5.73. The van der Waals surface area contributed by atoms with Crippen molar-refractivity contribution in [3.8, 4) is 0 Å². The van der Waals surface area contributed by atoms with Gasteiger partial charge in [0, 0.05) is 6.54 Å². The zero-order valence-corrected chi connectivity index (χ0v) is 9.90. The second-order valence-electron chi connectivity index (χ2n) is 3.87. The summed E-state index contributed by atoms with van der Waals surface area (Å²) in [5.74, 6) is -1.01. The molecule has 0 heterocycles. The molecule has 5 heteroatoms. The van der Waals surface area contributed by atoms with Gasteiger partial charge in [0.05, 0.1) is 0 Å². The predicted molar refractivity (Wildman–Crippen MR) is 64.7 cm³/mol. The number of carboxylic acid groups (broad SMARTS) is 1. The summed E-state index contributed by atoms with van der Waals surface area (Å²) < 4.78 is 0. The van der Waals surface area contributed by atoms with E-state index in [0.29, 0.717) is 13.0 Å². The Morgan fingerprint density at radius 1 is 1.47 bits per heavy atom. The lowest BCUT2D eigenvalue weighted by Crippen LogP contribution is -2.46. The summed E-state index contributed by atoms with van der Waals surface area (Å²) in [6, 6.07) is -1.30. The Hall–Kier alpha value is -1.78. The third kappa shape index (κ3) is 4.72. The maximum atomic E-state index is 11.3. The van der Waals surface area contributed by atoms with Crippen LogP contribution in [0.5, 0.6) is 0 Å². The van der Waals surface area contributed by atoms with E-state index < -0.39 is 18.0 Å². The fraction of sp³-hybridized carbons (Fsp3) is 0.500. The number of allylic oxidation sites excluding steroid dienone is 3. The number of urea groups is 1. The van der Waals surface area contributed by atoms with Crippen molar-refractivity contribution in [3.63, 3.8) is 0 Å². The molecule has 5 nitrogen and oxygen atoms in total. The van der Waals surface area contributed by atoms with E-state index in [-0.39, 0.29) is 0 Å². The SMILES string of the molecule is CCNC(=O)N[C@H](CC1=CCC=CC1)C(=O)O. The molecule has 0 saturated heterocycles. The summed E-state index contributed by atoms with van der Waals surface area (Å²) in [6.45, 7) is 2.26. The van der Waals surface area contributed by atoms with Crippen molar-refractivity contribution < 1.29 is 14.7 Å². The number of hydrogen-bond donors (Lipinski definition) is 3. The van der Waals surface area contributed by atoms with E-state index in [4.69, 9.17) is 5.11 Å². The molecular formula is C12H18N2O3. The highest BCUT2D eigenvalue weighted by atomic mass is 16.4. The molecule has 0 aromatic heterocycles. The van der Waals surface area contributed by atoms with Gasteiger partial charge >= 0.3 is 12.0 Å². The van der Waals surface area contributed by atoms with Gasteiger partial charge in [-0.05, 0) is 26.2 Å². The van der Waals surface area contributed by atoms with Crippen molar-refractivity contribution in [2.45, 2.75) is 32.2 Å². The molecule has 0 unspecified atom stereocenters. The smallest absolute Gasteiger partial charge is 0.326 e. The Balaban J connectivity index is 2.51. The Kier molecular flexibility index (Phi) is 5.26. The molecule has 2 amide bonds. The van der Waals surface area contributed by atoms with Gasteiger partial charge in [-0.25, -0.2) is 9.59 Å². The van der Waals surface area contributed by atoms with Gasteiger partial charge in [-0.15, -0.1) is 0 Å². The van der Waals surface area contributed by atoms with Crippen LogP contribution in [0.3, 0.4) is 0 Å². The fourth-order valence-electron chi connectivity index (χ4n) is 1.65. The molecule has 0 spiro atoms. The van der Waals surface area contributed by atoms with Crippen LogP contribution in [0.15, 0.2) is 23.8 Å². The van der Waals surface area contributed by atoms with Crippen LogP contribution >= 0.6 is 0 Å². The normalized spacial score (nSPS) is 15.9. The van der Waals surface area contributed by atoms with Crippen molar-refractivity contribution >= 4 is 12.0 Å². The second kappa shape index (κ2) is 6.73. The Labute approximate surface area is 101 Å². The molecule has 1 atom stereocenters. The molecule has 0 bridgehead atoms. The van der Waals surface area contributed by atoms with Crippen LogP contribution < -0.4 is 10.6 Å². The third-order valence-electron chi connectivity index (χ3n) is 2.50. The minimum atomic E-state index is -1.01. The van der Waals surface area contributed by atoms with Gasteiger partial charge in [-0.3, -0.25) is 0 Å². The van der Waals surface area contributed by atoms with E-state index >= 15 is 0 Å². The van der Waals surface area contributed by atoms with Gasteiger partial charge in [0.2, 0.25) is 0 Å². The molecule has 0 aromatic carbocycles. The minimum Gasteiger partial charge on any atom is -0.480 e. The number of nitrogens with one attached hydrogen (secondary N) is 2. The Morgan fingerprint density at radius 2 is 2.24 bits per heavy atom. The van der Waals surface area contributed by atoms with E-state index in [9.17, 15) is 9.59 Å². The van der Waals surface area contributed by atoms with Crippen LogP contribution in [0.1, 0.15) is 26.2 Å². The average molecular weight is 238 g/mol. The van der Waals surface area contributed by atoms with Crippen LogP contribution in [0, 0.1) is 0 Å². The lowest BCUT2D eigenvalue weighted by Gasteiger charge is -2.17. The van der Waals surface area contributed by atoms with Crippen LogP contribution in [0.4, 0.5) is 4.79 Å². The zero-order valence-electron chi connectivity index (χ0n) is 9.90. The summed E-state index contributed by atoms with van der Waals surface area (Å²) in [6.07, 6.45) is 8.02. The molecule has 0 aliphatic heterocycles. The molecule has 1 rings (SSSR count). The van der Waals surface area contributed by atoms with Crippen LogP contribution in [-0.4, -0.2) is 29.7 Å². The van der Waals surface area contributed by atoms with Crippen LogP contribution in [0.2, 0.25) is 0 Å². The highest BCUT2D eigenvalue weighted by molar-refractivity contribution is 5.82. The van der Waals surface area contributed by atoms with Crippen molar-refractivity contribution in [1.29, 1.82) is 0 Å². The van der Waals surface area contributed by atoms with E-state index in [2.05, 4.69) is 10.6 Å². The predicted octanol–water partition coefficient (Wildman–Crippen LogP) is 1.43. The summed E-state index contributed by atoms with van der Waals surface area (Å²) >= 11 is 0. The largest absolute Gasteiger partial charge is 0.480 e. The van der Waals surface area contributed by atoms with Gasteiger partial charge in [0.15, 0.2) is 0 Å². The number of aliphatic carboxylic acids is 1. The van der Waals surface area contributed by atoms with Crippen LogP contribution in [-0.2, 0) is 4.79 Å². The highest BCUT2D eigenvalue weighted by Crippen LogP contribution is 2.16. The highest BCUT2D eigenvalue weighted by Gasteiger charge is 2.20. The van der Waals surface area contributed by atoms with Gasteiger partial charge in [0.1, 0.15) is 6.04 Å². The van der Waals surface area contributed by atoms with Crippen molar-refractivity contribution in [2.75, 3.05) is 6.54 Å². The van der Waals surface area contributed by atoms with E-state index in [1.54, 1.807) is 6.92 Å². The van der Waals surface area contributed by atoms with Crippen LogP contribution in [0.25, 0.3) is 0 Å². The number of carbonyl (C=O) groups excluding carboxylic acids is 1. The van der Waals surface area contributed by atoms with Crippen molar-refractivity contribution in [3.05, 3.63) is 23.8 Å². The number of rotatable bonds is 5. The van der Waals surface area contributed by atoms with E-state index in [0.717, 1.165) is 18.4 Å². The number of hydrogen-bond acceptors (Lipinski definition) is 2. The monoisotopic (exact) mass is 238 g/mol. The lowest BCUT2D eigenvalue weighted by molar-refractivity contribution is -0.139. The maximum Gasteiger partial charge on any atom is 0.326 e. The first-order chi connectivity index (χ1) is 8.13. The average Bonchev–Trinajstić information content (AvgIpc) is 2.29. The van der Waals surface area contributed by atoms with E-state index in [1.165, 1.54) is 0 Å². The molecule has 0 radical (unpaired) electrons. The van der Waals surface area contributed by atoms with Gasteiger partial charge in [-0.1, -0.05) is 23.8 Å². The topological polar surface area (TPSA) is 78.4 Å². The molecule has 17 heavy (non-hydrogen) atoms. The Morgan fingerprint density at radius 3 is 2.76 bits per heavy atom. The standard InChI is InChI=1S/C12H18N2O3/c1-2-13-12(17)14-10(11(15)16)8-9-6-4-3-5-7-9/h3-4,7,10H,2,5-6,8H2,1H3,(H,15,16)(H2,13,14,17)/t10-/m1/s1. The summed E-state index contributed by atoms with van der Waals surface area (Å²) in [4.78, 5) is 22.3. The molecule has 3 N–H and O–H groups in total. The second-order valence-corrected chi connectivity index (χ2v) is 3.87. The molecule has 1 aliphatic carbocycles. The molecular weight excluding hydrogens is 220 g/mol. The first kappa shape index (κ1) is 13.3. The summed E-state index contributed by atoms with van der Waals surface area (Å²) in [5.41, 5.74) is 1.05. The van der Waals surface area contributed by atoms with Gasteiger partial charge < -0.3 is 15.7 Å². The number of carboxylic acids is 1. The molecule has 0 aromatic rings. The fourth-order valence-corrected chi connectivity index (χ4v) is 1.65. The molecule has 0 saturated carbocycles. The quantitative estimate of drug-likeness (QED) is 0.634. The van der Waals surface area contributed by atoms with Gasteiger partial charge in [0.25, 0.3) is 0 Å². The summed E-state index contributed by atoms with van der Waals surface area (Å²) in [5, 5.41) is 14.0. The van der Waals surface area contributed by atoms with E-state index in [1.807, 2.05) is 18.2 Å². The molecule has 94 valence electrons. The van der Waals surface area contributed by atoms with Gasteiger partial charge in [-0.2, -0.15) is 0 Å². The minimum absolute atomic E-state index is 0.358. The zero-order chi connectivity index (χ0) is 12.7. The lowest BCUT2D eigenvalue weighted by atomic mass is 9.99. The third-order valence-corrected chi connectivity index (χ3v) is 2.50. The first-order valence-electron chi connectivity index (χ1n) is 5.73. The molecule has 1 aliphatic rings.